The molecule has 4 fully saturated rings. The van der Waals surface area contributed by atoms with Gasteiger partial charge in [0.1, 0.15) is 0 Å². The smallest absolute Gasteiger partial charge is 0.336 e. The molecule has 1 aliphatic heterocycles. The van der Waals surface area contributed by atoms with Crippen LogP contribution in [-0.2, 0) is 23.8 Å². The molecule has 1 aromatic rings. The number of methoxy groups -OCH3 is 2. The quantitative estimate of drug-likeness (QED) is 0.544. The highest BCUT2D eigenvalue weighted by molar-refractivity contribution is 7.12. The topological polar surface area (TPSA) is 65.1 Å². The van der Waals surface area contributed by atoms with E-state index in [2.05, 4.69) is 0 Å². The van der Waals surface area contributed by atoms with E-state index in [1.54, 1.807) is 23.7 Å². The molecule has 6 rings (SSSR count). The van der Waals surface area contributed by atoms with Crippen LogP contribution in [-0.4, -0.2) is 49.8 Å². The zero-order valence-electron chi connectivity index (χ0n) is 19.7. The Morgan fingerprint density at radius 2 is 1.52 bits per heavy atom. The summed E-state index contributed by atoms with van der Waals surface area (Å²) >= 11 is 1.57. The van der Waals surface area contributed by atoms with Crippen LogP contribution in [0.25, 0.3) is 0 Å². The number of hydrogen-bond acceptors (Lipinski definition) is 7. The van der Waals surface area contributed by atoms with Crippen LogP contribution in [0, 0.1) is 24.7 Å². The predicted molar refractivity (Wildman–Crippen MR) is 126 cm³/mol. The third-order valence-electron chi connectivity index (χ3n) is 7.86. The normalized spacial score (nSPS) is 30.8. The lowest BCUT2D eigenvalue weighted by atomic mass is 9.54. The van der Waals surface area contributed by atoms with Crippen molar-refractivity contribution in [3.05, 3.63) is 45.4 Å². The summed E-state index contributed by atoms with van der Waals surface area (Å²) in [5.74, 6) is 1.12. The second kappa shape index (κ2) is 8.91. The second-order valence-electron chi connectivity index (χ2n) is 10.2. The number of carbonyl (C=O) groups excluding carboxylic acids is 2. The van der Waals surface area contributed by atoms with Gasteiger partial charge < -0.3 is 19.1 Å². The van der Waals surface area contributed by atoms with Gasteiger partial charge in [0.15, 0.2) is 0 Å². The molecule has 4 bridgehead atoms. The Bertz CT molecular complexity index is 923. The van der Waals surface area contributed by atoms with E-state index >= 15 is 0 Å². The Morgan fingerprint density at radius 3 is 1.97 bits per heavy atom. The average Bonchev–Trinajstić information content (AvgIpc) is 3.22. The molecule has 0 saturated heterocycles. The molecule has 5 aliphatic rings. The van der Waals surface area contributed by atoms with E-state index in [-0.39, 0.29) is 5.60 Å². The monoisotopic (exact) mass is 471 g/mol. The Kier molecular flexibility index (Phi) is 6.12. The largest absolute Gasteiger partial charge is 0.466 e. The van der Waals surface area contributed by atoms with Gasteiger partial charge >= 0.3 is 11.9 Å². The van der Waals surface area contributed by atoms with E-state index < -0.39 is 17.9 Å². The Hall–Kier alpha value is -2.12. The summed E-state index contributed by atoms with van der Waals surface area (Å²) in [5, 5.41) is 0. The average molecular weight is 472 g/mol. The van der Waals surface area contributed by atoms with Crippen LogP contribution in [0.5, 0.6) is 0 Å². The van der Waals surface area contributed by atoms with E-state index in [0.29, 0.717) is 24.3 Å². The van der Waals surface area contributed by atoms with Gasteiger partial charge in [-0.3, -0.25) is 0 Å². The molecule has 6 nitrogen and oxygen atoms in total. The van der Waals surface area contributed by atoms with E-state index in [0.717, 1.165) is 27.5 Å². The molecule has 2 heterocycles. The lowest BCUT2D eigenvalue weighted by Gasteiger charge is -2.56. The summed E-state index contributed by atoms with van der Waals surface area (Å²) in [5.41, 5.74) is 0.917. The highest BCUT2D eigenvalue weighted by Gasteiger charge is 2.51. The van der Waals surface area contributed by atoms with Gasteiger partial charge in [-0.1, -0.05) is 0 Å². The fraction of sp³-hybridized carbons (Fsp3) is 0.615. The van der Waals surface area contributed by atoms with E-state index in [4.69, 9.17) is 14.2 Å². The number of esters is 2. The summed E-state index contributed by atoms with van der Waals surface area (Å²) in [6, 6.07) is 3.96. The van der Waals surface area contributed by atoms with Gasteiger partial charge in [-0.2, -0.15) is 0 Å². The number of rotatable bonds is 7. The fourth-order valence-electron chi connectivity index (χ4n) is 6.91. The first-order valence-electron chi connectivity index (χ1n) is 12.0. The fourth-order valence-corrected chi connectivity index (χ4v) is 7.92. The maximum absolute atomic E-state index is 12.7. The summed E-state index contributed by atoms with van der Waals surface area (Å²) in [4.78, 5) is 29.4. The number of thiophene rings is 1. The standard InChI is InChI=1S/C26H33NO5S/c1-16-4-5-22(33-16)23-20(24(28)30-2)14-27(15-21(23)25(29)31-3)6-7-32-26-11-17-8-18(12-26)10-19(9-17)13-26/h4-5,14-15,17-19,23H,6-13H2,1-3H3. The van der Waals surface area contributed by atoms with E-state index in [9.17, 15) is 9.59 Å². The third kappa shape index (κ3) is 4.37. The van der Waals surface area contributed by atoms with Gasteiger partial charge in [-0.05, 0) is 75.3 Å². The Labute approximate surface area is 199 Å². The van der Waals surface area contributed by atoms with Crippen molar-refractivity contribution in [3.8, 4) is 0 Å². The number of nitrogens with zero attached hydrogens (tertiary/aromatic N) is 1. The first-order valence-corrected chi connectivity index (χ1v) is 12.8. The molecule has 178 valence electrons. The number of carbonyl (C=O) groups is 2. The predicted octanol–water partition coefficient (Wildman–Crippen LogP) is 4.55. The highest BCUT2D eigenvalue weighted by atomic mass is 32.1. The van der Waals surface area contributed by atoms with Crippen LogP contribution in [0.4, 0.5) is 0 Å². The minimum absolute atomic E-state index is 0.0331. The van der Waals surface area contributed by atoms with Crippen molar-refractivity contribution in [2.75, 3.05) is 27.4 Å². The summed E-state index contributed by atoms with van der Waals surface area (Å²) < 4.78 is 16.7. The van der Waals surface area contributed by atoms with Crippen LogP contribution in [0.1, 0.15) is 54.2 Å². The third-order valence-corrected chi connectivity index (χ3v) is 8.93. The first-order chi connectivity index (χ1) is 15.9. The molecule has 0 amide bonds. The zero-order chi connectivity index (χ0) is 23.2. The van der Waals surface area contributed by atoms with Gasteiger partial charge in [0, 0.05) is 28.7 Å². The van der Waals surface area contributed by atoms with Crippen LogP contribution in [0.2, 0.25) is 0 Å². The molecule has 0 aromatic carbocycles. The van der Waals surface area contributed by atoms with Crippen molar-refractivity contribution in [2.45, 2.75) is 57.0 Å². The molecule has 33 heavy (non-hydrogen) atoms. The zero-order valence-corrected chi connectivity index (χ0v) is 20.5. The number of ether oxygens (including phenoxy) is 3. The molecule has 0 unspecified atom stereocenters. The first kappa shape index (κ1) is 22.7. The number of aryl methyl sites for hydroxylation is 1. The molecule has 7 heteroatoms. The summed E-state index contributed by atoms with van der Waals surface area (Å²) in [6.07, 6.45) is 11.3. The molecule has 0 spiro atoms. The minimum atomic E-state index is -0.496. The molecule has 0 N–H and O–H groups in total. The SMILES string of the molecule is COC(=O)C1=CN(CCOC23CC4CC(CC(C4)C2)C3)C=C(C(=O)OC)C1c1ccc(C)s1. The molecular weight excluding hydrogens is 438 g/mol. The van der Waals surface area contributed by atoms with Crippen molar-refractivity contribution in [1.29, 1.82) is 0 Å². The lowest BCUT2D eigenvalue weighted by molar-refractivity contribution is -0.162. The van der Waals surface area contributed by atoms with Gasteiger partial charge in [0.25, 0.3) is 0 Å². The molecule has 4 aliphatic carbocycles. The summed E-state index contributed by atoms with van der Waals surface area (Å²) in [7, 11) is 2.74. The van der Waals surface area contributed by atoms with Crippen molar-refractivity contribution in [1.82, 2.24) is 4.90 Å². The summed E-state index contributed by atoms with van der Waals surface area (Å²) in [6.45, 7) is 3.14. The van der Waals surface area contributed by atoms with E-state index in [1.807, 2.05) is 24.0 Å². The molecule has 4 saturated carbocycles. The molecule has 1 aromatic heterocycles. The van der Waals surface area contributed by atoms with Crippen molar-refractivity contribution >= 4 is 23.3 Å². The van der Waals surface area contributed by atoms with Crippen molar-refractivity contribution in [2.24, 2.45) is 17.8 Å². The van der Waals surface area contributed by atoms with Gasteiger partial charge in [0.05, 0.1) is 43.5 Å². The van der Waals surface area contributed by atoms with Crippen LogP contribution in [0.15, 0.2) is 35.7 Å². The number of hydrogen-bond donors (Lipinski definition) is 0. The minimum Gasteiger partial charge on any atom is -0.466 e. The molecular formula is C26H33NO5S. The second-order valence-corrected chi connectivity index (χ2v) is 11.5. The molecule has 0 radical (unpaired) electrons. The van der Waals surface area contributed by atoms with E-state index in [1.165, 1.54) is 52.7 Å². The Morgan fingerprint density at radius 1 is 0.970 bits per heavy atom. The van der Waals surface area contributed by atoms with Crippen LogP contribution in [0.3, 0.4) is 0 Å². The van der Waals surface area contributed by atoms with Crippen LogP contribution >= 0.6 is 11.3 Å². The van der Waals surface area contributed by atoms with Crippen molar-refractivity contribution < 1.29 is 23.8 Å². The maximum Gasteiger partial charge on any atom is 0.336 e. The van der Waals surface area contributed by atoms with Crippen molar-refractivity contribution in [3.63, 3.8) is 0 Å². The maximum atomic E-state index is 12.7. The highest BCUT2D eigenvalue weighted by Crippen LogP contribution is 2.57. The van der Waals surface area contributed by atoms with Gasteiger partial charge in [-0.15, -0.1) is 11.3 Å². The Balaban J connectivity index is 1.35. The van der Waals surface area contributed by atoms with Gasteiger partial charge in [-0.25, -0.2) is 9.59 Å². The molecule has 0 atom stereocenters. The van der Waals surface area contributed by atoms with Crippen LogP contribution < -0.4 is 0 Å². The lowest BCUT2D eigenvalue weighted by Crippen LogP contribution is -2.52. The van der Waals surface area contributed by atoms with Gasteiger partial charge in [0.2, 0.25) is 0 Å².